The molecule has 0 aromatic rings. The monoisotopic (exact) mass is 1480 g/mol. The number of unbranched alkanes of at least 4 members (excludes halogenated alkanes) is 28. The predicted molar refractivity (Wildman–Crippen MR) is 426 cm³/mol. The first kappa shape index (κ1) is 98.4. The van der Waals surface area contributed by atoms with E-state index >= 15 is 0 Å². The summed E-state index contributed by atoms with van der Waals surface area (Å²) in [5.74, 6) is -1.61. The molecular formula is C85H144O16P2. The highest BCUT2D eigenvalue weighted by atomic mass is 31.2. The summed E-state index contributed by atoms with van der Waals surface area (Å²) in [6.07, 6.45) is 94.4. The number of allylic oxidation sites excluding steroid dienone is 24. The summed E-state index contributed by atoms with van der Waals surface area (Å²) in [7, 11) is -9.81. The van der Waals surface area contributed by atoms with Crippen molar-refractivity contribution in [2.24, 2.45) is 0 Å². The smallest absolute Gasteiger partial charge is 0.463 e. The number of carbonyl (C=O) groups is 3. The highest BCUT2D eigenvalue weighted by Crippen LogP contribution is 2.45. The fourth-order valence-corrected chi connectivity index (χ4v) is 12.0. The van der Waals surface area contributed by atoms with E-state index in [-0.39, 0.29) is 19.3 Å². The molecule has 0 saturated carbocycles. The molecule has 5 atom stereocenters. The van der Waals surface area contributed by atoms with E-state index in [9.17, 15) is 43.5 Å². The number of carbonyl (C=O) groups excluding carboxylic acids is 3. The molecule has 0 fully saturated rings. The van der Waals surface area contributed by atoms with Crippen LogP contribution in [0.3, 0.4) is 0 Å². The summed E-state index contributed by atoms with van der Waals surface area (Å²) in [4.78, 5) is 58.7. The Morgan fingerprint density at radius 1 is 0.282 bits per heavy atom. The Labute approximate surface area is 626 Å². The maximum Gasteiger partial charge on any atom is 0.472 e. The molecule has 16 nitrogen and oxygen atoms in total. The summed E-state index contributed by atoms with van der Waals surface area (Å²) >= 11 is 0. The van der Waals surface area contributed by atoms with E-state index in [1.54, 1.807) is 0 Å². The number of ether oxygens (including phenoxy) is 3. The Morgan fingerprint density at radius 3 is 0.816 bits per heavy atom. The number of esters is 3. The van der Waals surface area contributed by atoms with Crippen LogP contribution in [0.2, 0.25) is 0 Å². The van der Waals surface area contributed by atoms with Gasteiger partial charge in [-0.1, -0.05) is 295 Å². The lowest BCUT2D eigenvalue weighted by molar-refractivity contribution is -0.161. The molecule has 5 unspecified atom stereocenters. The molecule has 0 heterocycles. The van der Waals surface area contributed by atoms with Gasteiger partial charge in [0.1, 0.15) is 25.4 Å². The molecule has 0 aliphatic carbocycles. The molecule has 0 aliphatic rings. The van der Waals surface area contributed by atoms with Gasteiger partial charge in [-0.2, -0.15) is 0 Å². The second-order valence-electron chi connectivity index (χ2n) is 26.5. The first-order valence-corrected chi connectivity index (χ1v) is 43.1. The topological polar surface area (TPSA) is 231 Å². The van der Waals surface area contributed by atoms with Gasteiger partial charge in [-0.05, 0) is 148 Å². The molecule has 0 spiro atoms. The summed E-state index contributed by atoms with van der Waals surface area (Å²) in [5, 5.41) is 20.7. The minimum Gasteiger partial charge on any atom is -0.463 e. The third-order valence-corrected chi connectivity index (χ3v) is 18.4. The van der Waals surface area contributed by atoms with Crippen LogP contribution < -0.4 is 0 Å². The average molecular weight is 1480 g/mol. The van der Waals surface area contributed by atoms with E-state index in [4.69, 9.17) is 32.3 Å². The van der Waals surface area contributed by atoms with Gasteiger partial charge in [0.2, 0.25) is 0 Å². The van der Waals surface area contributed by atoms with Gasteiger partial charge in [-0.25, -0.2) is 9.13 Å². The van der Waals surface area contributed by atoms with Gasteiger partial charge in [0.25, 0.3) is 0 Å². The van der Waals surface area contributed by atoms with Gasteiger partial charge in [0.15, 0.2) is 6.10 Å². The normalized spacial score (nSPS) is 14.7. The van der Waals surface area contributed by atoms with Crippen LogP contribution in [0.5, 0.6) is 0 Å². The van der Waals surface area contributed by atoms with Crippen LogP contribution in [-0.4, -0.2) is 95.9 Å². The Kier molecular flexibility index (Phi) is 73.6. The zero-order valence-electron chi connectivity index (χ0n) is 64.4. The molecule has 0 aromatic heterocycles. The van der Waals surface area contributed by atoms with Crippen molar-refractivity contribution < 1.29 is 75.8 Å². The molecule has 103 heavy (non-hydrogen) atoms. The zero-order valence-corrected chi connectivity index (χ0v) is 66.2. The second-order valence-corrected chi connectivity index (χ2v) is 29.4. The Morgan fingerprint density at radius 2 is 0.515 bits per heavy atom. The predicted octanol–water partition coefficient (Wildman–Crippen LogP) is 23.7. The zero-order chi connectivity index (χ0) is 75.2. The number of phosphoric acid groups is 2. The number of aliphatic hydroxyl groups excluding tert-OH is 2. The fraction of sp³-hybridized carbons (Fsp3) is 0.682. The number of rotatable bonds is 75. The van der Waals surface area contributed by atoms with Crippen LogP contribution in [0.15, 0.2) is 146 Å². The summed E-state index contributed by atoms with van der Waals surface area (Å²) in [6, 6.07) is 0. The van der Waals surface area contributed by atoms with Crippen LogP contribution in [0.4, 0.5) is 0 Å². The van der Waals surface area contributed by atoms with E-state index in [1.807, 2.05) is 0 Å². The van der Waals surface area contributed by atoms with Crippen LogP contribution in [0.1, 0.15) is 316 Å². The van der Waals surface area contributed by atoms with Crippen LogP contribution in [0.25, 0.3) is 0 Å². The van der Waals surface area contributed by atoms with Crippen molar-refractivity contribution in [3.63, 3.8) is 0 Å². The van der Waals surface area contributed by atoms with Crippen molar-refractivity contribution in [1.82, 2.24) is 0 Å². The minimum atomic E-state index is -4.95. The molecule has 18 heteroatoms. The third-order valence-electron chi connectivity index (χ3n) is 16.5. The van der Waals surface area contributed by atoms with Gasteiger partial charge in [0, 0.05) is 19.3 Å². The van der Waals surface area contributed by atoms with Gasteiger partial charge in [0.05, 0.1) is 26.4 Å². The Bertz CT molecular complexity index is 2450. The number of hydrogen-bond donors (Lipinski definition) is 4. The summed E-state index contributed by atoms with van der Waals surface area (Å²) < 4.78 is 61.2. The van der Waals surface area contributed by atoms with Crippen molar-refractivity contribution >= 4 is 33.6 Å². The molecule has 0 bridgehead atoms. The largest absolute Gasteiger partial charge is 0.472 e. The maximum absolute atomic E-state index is 13.0. The van der Waals surface area contributed by atoms with Gasteiger partial charge >= 0.3 is 33.6 Å². The number of phosphoric ester groups is 2. The Hall–Kier alpha value is -4.57. The van der Waals surface area contributed by atoms with Crippen LogP contribution in [-0.2, 0) is 55.8 Å². The summed E-state index contributed by atoms with van der Waals surface area (Å²) in [6.45, 7) is 2.49. The molecule has 0 aliphatic heterocycles. The number of hydrogen-bond acceptors (Lipinski definition) is 14. The lowest BCUT2D eigenvalue weighted by atomic mass is 10.1. The van der Waals surface area contributed by atoms with E-state index in [0.29, 0.717) is 19.3 Å². The van der Waals surface area contributed by atoms with Gasteiger partial charge in [-0.15, -0.1) is 0 Å². The molecule has 0 rings (SSSR count). The highest BCUT2D eigenvalue weighted by Gasteiger charge is 2.29. The quantitative estimate of drug-likeness (QED) is 0.0146. The lowest BCUT2D eigenvalue weighted by Crippen LogP contribution is -2.30. The summed E-state index contributed by atoms with van der Waals surface area (Å²) in [5.41, 5.74) is 0. The molecule has 590 valence electrons. The maximum atomic E-state index is 13.0. The molecule has 0 amide bonds. The van der Waals surface area contributed by atoms with Crippen molar-refractivity contribution in [3.8, 4) is 0 Å². The second kappa shape index (κ2) is 77.1. The van der Waals surface area contributed by atoms with E-state index in [2.05, 4.69) is 167 Å². The molecule has 0 saturated heterocycles. The van der Waals surface area contributed by atoms with Gasteiger partial charge < -0.3 is 34.2 Å². The first-order valence-electron chi connectivity index (χ1n) is 40.1. The van der Waals surface area contributed by atoms with Crippen LogP contribution >= 0.6 is 15.6 Å². The van der Waals surface area contributed by atoms with Crippen molar-refractivity contribution in [1.29, 1.82) is 0 Å². The van der Waals surface area contributed by atoms with E-state index < -0.39 is 91.5 Å². The van der Waals surface area contributed by atoms with Gasteiger partial charge in [-0.3, -0.25) is 32.5 Å². The highest BCUT2D eigenvalue weighted by molar-refractivity contribution is 7.47. The van der Waals surface area contributed by atoms with Crippen molar-refractivity contribution in [2.45, 2.75) is 334 Å². The average Bonchev–Trinajstić information content (AvgIpc) is 0.988. The molecule has 0 radical (unpaired) electrons. The van der Waals surface area contributed by atoms with E-state index in [1.165, 1.54) is 77.0 Å². The lowest BCUT2D eigenvalue weighted by Gasteiger charge is -2.21. The third kappa shape index (κ3) is 78.3. The minimum absolute atomic E-state index is 0.0812. The van der Waals surface area contributed by atoms with E-state index in [0.717, 1.165) is 180 Å². The standard InChI is InChI=1S/C85H144O16P2/c1-4-7-10-13-16-19-22-25-28-31-34-36-38-39-41-43-45-47-50-53-56-59-62-65-68-71-83(88)95-74-80(86)75-97-102(91,92)98-76-81(87)77-99-103(93,94)100-79-82(101-85(90)73-70-67-64-61-58-55-52-49-44-33-30-27-24-21-18-15-12-9-6-3)78-96-84(89)72-69-66-63-60-57-54-51-48-46-42-40-37-35-32-29-26-23-20-17-14-11-8-5-2/h9,12,16-21,25-30,34-37,39,41-42,44,46,49,80-82,86-87H,4-8,10-11,13-15,22-24,31-33,38,40,43,45,47-48,50-79H2,1-3H3,(H,91,92)(H,93,94)/b12-9-,19-16-,20-17-,21-18-,28-25-,29-26-,30-27-,36-34-,37-35-,41-39-,46-42-,49-44-. The number of aliphatic hydroxyl groups is 2. The Balaban J connectivity index is 4.69. The molecule has 0 aromatic carbocycles. The SMILES string of the molecule is CC/C=C\C/C=C\C/C=C\C/C=C\CCCCCCCCC(=O)OC(COC(=O)CCCCCCCCC/C=C\C/C=C\C/C=C\C/C=C\CCCCC)COP(=O)(O)OCC(O)COP(=O)(O)OCC(O)COC(=O)CCCCCCCCCCC/C=C\C/C=C\C/C=C\C/C=C\CCCCC. The molecule has 4 N–H and O–H groups in total. The molecular weight excluding hydrogens is 1340 g/mol. The fourth-order valence-electron chi connectivity index (χ4n) is 10.4. The van der Waals surface area contributed by atoms with Crippen molar-refractivity contribution in [3.05, 3.63) is 146 Å². The van der Waals surface area contributed by atoms with Crippen LogP contribution in [0, 0.1) is 0 Å². The first-order chi connectivity index (χ1) is 50.2. The van der Waals surface area contributed by atoms with Crippen molar-refractivity contribution in [2.75, 3.05) is 39.6 Å².